The van der Waals surface area contributed by atoms with Gasteiger partial charge in [-0.1, -0.05) is 46.0 Å². The van der Waals surface area contributed by atoms with Crippen molar-refractivity contribution in [2.45, 2.75) is 77.6 Å². The van der Waals surface area contributed by atoms with E-state index in [1.54, 1.807) is 6.07 Å². The maximum Gasteiger partial charge on any atom is 0.161 e. The zero-order valence-corrected chi connectivity index (χ0v) is 12.9. The molecule has 112 valence electrons. The molecular formula is C18H28O2. The van der Waals surface area contributed by atoms with Crippen LogP contribution in [0.4, 0.5) is 0 Å². The lowest BCUT2D eigenvalue weighted by atomic mass is 9.79. The highest BCUT2D eigenvalue weighted by Crippen LogP contribution is 2.44. The van der Waals surface area contributed by atoms with Crippen molar-refractivity contribution < 1.29 is 10.2 Å². The highest BCUT2D eigenvalue weighted by atomic mass is 16.3. The van der Waals surface area contributed by atoms with Crippen LogP contribution >= 0.6 is 0 Å². The van der Waals surface area contributed by atoms with Crippen LogP contribution in [-0.2, 0) is 12.8 Å². The molecule has 0 aromatic heterocycles. The summed E-state index contributed by atoms with van der Waals surface area (Å²) in [5.41, 5.74) is 3.62. The van der Waals surface area contributed by atoms with E-state index in [1.165, 1.54) is 30.4 Å². The molecular weight excluding hydrogens is 248 g/mol. The maximum absolute atomic E-state index is 10.4. The van der Waals surface area contributed by atoms with Gasteiger partial charge in [0.2, 0.25) is 0 Å². The third kappa shape index (κ3) is 3.11. The smallest absolute Gasteiger partial charge is 0.161 e. The summed E-state index contributed by atoms with van der Waals surface area (Å²) in [4.78, 5) is 0. The van der Waals surface area contributed by atoms with Crippen LogP contribution in [0.5, 0.6) is 11.5 Å². The standard InChI is InChI=1S/C18H28O2/c1-3-8-14-12-16(19)18(20)17(15(14)9-4-2)13-10-6-5-7-11-13/h12-13,19-20H,3-11H2,1-2H3. The molecule has 0 spiro atoms. The fourth-order valence-electron chi connectivity index (χ4n) is 3.64. The first-order valence-corrected chi connectivity index (χ1v) is 8.25. The average molecular weight is 276 g/mol. The number of aryl methyl sites for hydroxylation is 1. The number of hydrogen-bond acceptors (Lipinski definition) is 2. The van der Waals surface area contributed by atoms with Gasteiger partial charge in [-0.3, -0.25) is 0 Å². The molecule has 0 atom stereocenters. The van der Waals surface area contributed by atoms with Crippen LogP contribution in [0.2, 0.25) is 0 Å². The first-order chi connectivity index (χ1) is 9.69. The summed E-state index contributed by atoms with van der Waals surface area (Å²) < 4.78 is 0. The minimum absolute atomic E-state index is 0.0777. The Morgan fingerprint density at radius 3 is 2.25 bits per heavy atom. The normalized spacial score (nSPS) is 16.5. The fraction of sp³-hybridized carbons (Fsp3) is 0.667. The third-order valence-electron chi connectivity index (χ3n) is 4.55. The second kappa shape index (κ2) is 7.01. The molecule has 0 aliphatic heterocycles. The number of phenolic OH excluding ortho intramolecular Hbond substituents is 2. The molecule has 2 rings (SSSR count). The summed E-state index contributed by atoms with van der Waals surface area (Å²) in [5, 5.41) is 20.5. The molecule has 1 aliphatic carbocycles. The van der Waals surface area contributed by atoms with Crippen LogP contribution in [-0.4, -0.2) is 10.2 Å². The Hall–Kier alpha value is -1.18. The highest BCUT2D eigenvalue weighted by molar-refractivity contribution is 5.55. The largest absolute Gasteiger partial charge is 0.504 e. The maximum atomic E-state index is 10.4. The van der Waals surface area contributed by atoms with Gasteiger partial charge >= 0.3 is 0 Å². The van der Waals surface area contributed by atoms with Crippen molar-refractivity contribution >= 4 is 0 Å². The van der Waals surface area contributed by atoms with Crippen molar-refractivity contribution in [2.24, 2.45) is 0 Å². The van der Waals surface area contributed by atoms with E-state index in [1.807, 2.05) is 0 Å². The zero-order valence-electron chi connectivity index (χ0n) is 12.9. The van der Waals surface area contributed by atoms with Crippen molar-refractivity contribution in [3.8, 4) is 11.5 Å². The third-order valence-corrected chi connectivity index (χ3v) is 4.55. The van der Waals surface area contributed by atoms with Crippen LogP contribution in [0, 0.1) is 0 Å². The second-order valence-corrected chi connectivity index (χ2v) is 6.13. The highest BCUT2D eigenvalue weighted by Gasteiger charge is 2.25. The molecule has 0 amide bonds. The van der Waals surface area contributed by atoms with Gasteiger partial charge < -0.3 is 10.2 Å². The Morgan fingerprint density at radius 2 is 1.65 bits per heavy atom. The SMILES string of the molecule is CCCc1cc(O)c(O)c(C2CCCCC2)c1CCC. The van der Waals surface area contributed by atoms with E-state index in [4.69, 9.17) is 0 Å². The molecule has 20 heavy (non-hydrogen) atoms. The van der Waals surface area contributed by atoms with E-state index >= 15 is 0 Å². The van der Waals surface area contributed by atoms with Crippen LogP contribution in [0.25, 0.3) is 0 Å². The number of aromatic hydroxyl groups is 2. The molecule has 2 nitrogen and oxygen atoms in total. The van der Waals surface area contributed by atoms with Gasteiger partial charge in [-0.05, 0) is 48.8 Å². The van der Waals surface area contributed by atoms with E-state index in [0.29, 0.717) is 5.92 Å². The molecule has 1 aliphatic rings. The second-order valence-electron chi connectivity index (χ2n) is 6.13. The van der Waals surface area contributed by atoms with Gasteiger partial charge in [-0.15, -0.1) is 0 Å². The zero-order chi connectivity index (χ0) is 14.5. The Morgan fingerprint density at radius 1 is 1.00 bits per heavy atom. The van der Waals surface area contributed by atoms with E-state index in [0.717, 1.165) is 44.1 Å². The summed E-state index contributed by atoms with van der Waals surface area (Å²) in [6.07, 6.45) is 10.3. The monoisotopic (exact) mass is 276 g/mol. The van der Waals surface area contributed by atoms with Crippen molar-refractivity contribution in [3.63, 3.8) is 0 Å². The van der Waals surface area contributed by atoms with Gasteiger partial charge in [-0.25, -0.2) is 0 Å². The summed E-state index contributed by atoms with van der Waals surface area (Å²) in [5.74, 6) is 0.669. The molecule has 2 heteroatoms. The summed E-state index contributed by atoms with van der Waals surface area (Å²) in [6.45, 7) is 4.35. The van der Waals surface area contributed by atoms with Crippen molar-refractivity contribution in [2.75, 3.05) is 0 Å². The van der Waals surface area contributed by atoms with Gasteiger partial charge in [0.05, 0.1) is 0 Å². The minimum Gasteiger partial charge on any atom is -0.504 e. The Bertz CT molecular complexity index is 445. The topological polar surface area (TPSA) is 40.5 Å². The molecule has 1 saturated carbocycles. The summed E-state index contributed by atoms with van der Waals surface area (Å²) >= 11 is 0. The van der Waals surface area contributed by atoms with Gasteiger partial charge in [0.1, 0.15) is 0 Å². The van der Waals surface area contributed by atoms with Gasteiger partial charge in [0.25, 0.3) is 0 Å². The lowest BCUT2D eigenvalue weighted by Gasteiger charge is -2.27. The van der Waals surface area contributed by atoms with Crippen LogP contribution in [0.15, 0.2) is 6.07 Å². The Labute approximate surface area is 122 Å². The predicted molar refractivity (Wildman–Crippen MR) is 83.6 cm³/mol. The molecule has 1 aromatic carbocycles. The van der Waals surface area contributed by atoms with E-state index < -0.39 is 0 Å². The summed E-state index contributed by atoms with van der Waals surface area (Å²) in [7, 11) is 0. The molecule has 0 saturated heterocycles. The average Bonchev–Trinajstić information content (AvgIpc) is 2.46. The Balaban J connectivity index is 2.48. The number of hydrogen-bond donors (Lipinski definition) is 2. The molecule has 0 heterocycles. The summed E-state index contributed by atoms with van der Waals surface area (Å²) in [6, 6.07) is 1.79. The Kier molecular flexibility index (Phi) is 5.33. The number of rotatable bonds is 5. The first kappa shape index (κ1) is 15.2. The van der Waals surface area contributed by atoms with Crippen molar-refractivity contribution in [1.29, 1.82) is 0 Å². The first-order valence-electron chi connectivity index (χ1n) is 8.25. The predicted octanol–water partition coefficient (Wildman–Crippen LogP) is 5.05. The van der Waals surface area contributed by atoms with E-state index in [-0.39, 0.29) is 11.5 Å². The van der Waals surface area contributed by atoms with Gasteiger partial charge in [0, 0.05) is 5.56 Å². The van der Waals surface area contributed by atoms with Crippen molar-refractivity contribution in [3.05, 3.63) is 22.8 Å². The van der Waals surface area contributed by atoms with Crippen LogP contribution in [0.3, 0.4) is 0 Å². The lowest BCUT2D eigenvalue weighted by molar-refractivity contribution is 0.378. The molecule has 0 radical (unpaired) electrons. The molecule has 1 aromatic rings. The van der Waals surface area contributed by atoms with Gasteiger partial charge in [-0.2, -0.15) is 0 Å². The van der Waals surface area contributed by atoms with E-state index in [2.05, 4.69) is 13.8 Å². The molecule has 1 fully saturated rings. The fourth-order valence-corrected chi connectivity index (χ4v) is 3.64. The molecule has 2 N–H and O–H groups in total. The van der Waals surface area contributed by atoms with Crippen LogP contribution in [0.1, 0.15) is 81.4 Å². The quantitative estimate of drug-likeness (QED) is 0.739. The van der Waals surface area contributed by atoms with Gasteiger partial charge in [0.15, 0.2) is 11.5 Å². The number of benzene rings is 1. The lowest BCUT2D eigenvalue weighted by Crippen LogP contribution is -2.10. The van der Waals surface area contributed by atoms with E-state index in [9.17, 15) is 10.2 Å². The minimum atomic E-state index is 0.0777. The number of phenols is 2. The molecule has 0 unspecified atom stereocenters. The van der Waals surface area contributed by atoms with Crippen molar-refractivity contribution in [1.82, 2.24) is 0 Å². The molecule has 0 bridgehead atoms. The van der Waals surface area contributed by atoms with Crippen LogP contribution < -0.4 is 0 Å².